The minimum absolute atomic E-state index is 0.00210. The third-order valence-electron chi connectivity index (χ3n) is 2.10. The molecule has 0 radical (unpaired) electrons. The molecule has 0 fully saturated rings. The summed E-state index contributed by atoms with van der Waals surface area (Å²) in [7, 11) is 1.74. The van der Waals surface area contributed by atoms with Gasteiger partial charge < -0.3 is 15.1 Å². The van der Waals surface area contributed by atoms with Gasteiger partial charge in [-0.1, -0.05) is 6.07 Å². The van der Waals surface area contributed by atoms with Gasteiger partial charge in [-0.05, 0) is 12.1 Å². The van der Waals surface area contributed by atoms with Gasteiger partial charge in [0.1, 0.15) is 5.82 Å². The number of anilines is 1. The minimum Gasteiger partial charge on any atom is -0.395 e. The first kappa shape index (κ1) is 10.9. The second kappa shape index (κ2) is 4.93. The van der Waals surface area contributed by atoms with Crippen molar-refractivity contribution in [1.29, 1.82) is 0 Å². The number of benzene rings is 1. The summed E-state index contributed by atoms with van der Waals surface area (Å²) in [5.74, 6) is -0.421. The van der Waals surface area contributed by atoms with Crippen molar-refractivity contribution in [3.05, 3.63) is 29.6 Å². The number of aliphatic hydroxyl groups is 2. The van der Waals surface area contributed by atoms with Crippen molar-refractivity contribution in [2.75, 3.05) is 25.1 Å². The fraction of sp³-hybridized carbons (Fsp3) is 0.400. The lowest BCUT2D eigenvalue weighted by molar-refractivity contribution is 0.275. The molecule has 0 aliphatic heterocycles. The molecule has 0 saturated heterocycles. The van der Waals surface area contributed by atoms with E-state index < -0.39 is 5.82 Å². The molecule has 0 amide bonds. The molecule has 2 N–H and O–H groups in total. The third-order valence-corrected chi connectivity index (χ3v) is 2.10. The molecule has 3 nitrogen and oxygen atoms in total. The summed E-state index contributed by atoms with van der Waals surface area (Å²) < 4.78 is 13.2. The Kier molecular flexibility index (Phi) is 3.85. The van der Waals surface area contributed by atoms with Crippen LogP contribution >= 0.6 is 0 Å². The summed E-state index contributed by atoms with van der Waals surface area (Å²) >= 11 is 0. The summed E-state index contributed by atoms with van der Waals surface area (Å²) in [6.45, 7) is 0.0755. The number of aliphatic hydroxyl groups excluding tert-OH is 2. The van der Waals surface area contributed by atoms with Crippen LogP contribution in [0.25, 0.3) is 0 Å². The first-order chi connectivity index (χ1) is 6.70. The highest BCUT2D eigenvalue weighted by atomic mass is 19.1. The number of hydrogen-bond donors (Lipinski definition) is 2. The molecule has 0 aliphatic carbocycles. The zero-order valence-electron chi connectivity index (χ0n) is 8.07. The highest BCUT2D eigenvalue weighted by molar-refractivity contribution is 5.53. The molecule has 0 spiro atoms. The number of rotatable bonds is 4. The quantitative estimate of drug-likeness (QED) is 0.752. The van der Waals surface area contributed by atoms with E-state index in [4.69, 9.17) is 10.2 Å². The van der Waals surface area contributed by atoms with Crippen LogP contribution in [-0.4, -0.2) is 30.4 Å². The lowest BCUT2D eigenvalue weighted by Gasteiger charge is -2.20. The molecule has 1 rings (SSSR count). The van der Waals surface area contributed by atoms with Gasteiger partial charge in [-0.3, -0.25) is 0 Å². The van der Waals surface area contributed by atoms with Crippen LogP contribution in [0, 0.1) is 5.82 Å². The predicted molar refractivity (Wildman–Crippen MR) is 52.7 cm³/mol. The Morgan fingerprint density at radius 1 is 1.36 bits per heavy atom. The lowest BCUT2D eigenvalue weighted by atomic mass is 10.1. The van der Waals surface area contributed by atoms with Crippen molar-refractivity contribution in [2.24, 2.45) is 0 Å². The standard InChI is InChI=1S/C10H14FNO2/c1-12(5-6-13)10-4-2-3-9(11)8(10)7-14/h2-4,13-14H,5-7H2,1H3. The molecular weight excluding hydrogens is 185 g/mol. The lowest BCUT2D eigenvalue weighted by Crippen LogP contribution is -2.22. The van der Waals surface area contributed by atoms with Gasteiger partial charge in [-0.2, -0.15) is 0 Å². The van der Waals surface area contributed by atoms with Gasteiger partial charge in [0.2, 0.25) is 0 Å². The Labute approximate surface area is 82.4 Å². The van der Waals surface area contributed by atoms with E-state index >= 15 is 0 Å². The SMILES string of the molecule is CN(CCO)c1cccc(F)c1CO. The first-order valence-corrected chi connectivity index (χ1v) is 4.41. The zero-order valence-corrected chi connectivity index (χ0v) is 8.07. The molecule has 14 heavy (non-hydrogen) atoms. The molecular formula is C10H14FNO2. The molecule has 0 aliphatic rings. The molecule has 4 heteroatoms. The van der Waals surface area contributed by atoms with Crippen molar-refractivity contribution < 1.29 is 14.6 Å². The van der Waals surface area contributed by atoms with Crippen molar-refractivity contribution in [3.8, 4) is 0 Å². The summed E-state index contributed by atoms with van der Waals surface area (Å²) in [6.07, 6.45) is 0. The minimum atomic E-state index is -0.421. The van der Waals surface area contributed by atoms with E-state index in [-0.39, 0.29) is 18.8 Å². The van der Waals surface area contributed by atoms with E-state index in [2.05, 4.69) is 0 Å². The molecule has 1 aromatic rings. The van der Waals surface area contributed by atoms with Crippen LogP contribution in [0.3, 0.4) is 0 Å². The Morgan fingerprint density at radius 3 is 2.64 bits per heavy atom. The fourth-order valence-electron chi connectivity index (χ4n) is 1.33. The van der Waals surface area contributed by atoms with Gasteiger partial charge in [-0.15, -0.1) is 0 Å². The molecule has 78 valence electrons. The van der Waals surface area contributed by atoms with Gasteiger partial charge in [-0.25, -0.2) is 4.39 Å². The summed E-state index contributed by atoms with van der Waals surface area (Å²) in [5.41, 5.74) is 0.880. The smallest absolute Gasteiger partial charge is 0.130 e. The number of halogens is 1. The maximum atomic E-state index is 13.2. The highest BCUT2D eigenvalue weighted by Crippen LogP contribution is 2.21. The van der Waals surface area contributed by atoms with Crippen LogP contribution in [0.5, 0.6) is 0 Å². The van der Waals surface area contributed by atoms with Crippen molar-refractivity contribution in [2.45, 2.75) is 6.61 Å². The van der Waals surface area contributed by atoms with Gasteiger partial charge in [0.05, 0.1) is 13.2 Å². The van der Waals surface area contributed by atoms with Crippen LogP contribution in [0.1, 0.15) is 5.56 Å². The van der Waals surface area contributed by atoms with Gasteiger partial charge >= 0.3 is 0 Å². The van der Waals surface area contributed by atoms with E-state index in [0.29, 0.717) is 12.2 Å². The normalized spacial score (nSPS) is 10.3. The summed E-state index contributed by atoms with van der Waals surface area (Å²) in [6, 6.07) is 4.60. The number of nitrogens with zero attached hydrogens (tertiary/aromatic N) is 1. The number of likely N-dealkylation sites (N-methyl/N-ethyl adjacent to an activating group) is 1. The molecule has 0 atom stereocenters. The van der Waals surface area contributed by atoms with E-state index in [1.165, 1.54) is 6.07 Å². The van der Waals surface area contributed by atoms with Crippen LogP contribution in [0.2, 0.25) is 0 Å². The molecule has 0 bridgehead atoms. The summed E-state index contributed by atoms with van der Waals surface area (Å²) in [4.78, 5) is 1.70. The monoisotopic (exact) mass is 199 g/mol. The molecule has 0 unspecified atom stereocenters. The van der Waals surface area contributed by atoms with Crippen LogP contribution < -0.4 is 4.90 Å². The average molecular weight is 199 g/mol. The maximum absolute atomic E-state index is 13.2. The number of hydrogen-bond acceptors (Lipinski definition) is 3. The van der Waals surface area contributed by atoms with Crippen LogP contribution in [0.4, 0.5) is 10.1 Å². The zero-order chi connectivity index (χ0) is 10.6. The summed E-state index contributed by atoms with van der Waals surface area (Å²) in [5, 5.41) is 17.7. The predicted octanol–water partition coefficient (Wildman–Crippen LogP) is 0.746. The van der Waals surface area contributed by atoms with Crippen LogP contribution in [-0.2, 0) is 6.61 Å². The first-order valence-electron chi connectivity index (χ1n) is 4.41. The topological polar surface area (TPSA) is 43.7 Å². The average Bonchev–Trinajstić information content (AvgIpc) is 2.17. The van der Waals surface area contributed by atoms with E-state index in [0.717, 1.165) is 0 Å². The van der Waals surface area contributed by atoms with Gasteiger partial charge in [0.15, 0.2) is 0 Å². The fourth-order valence-corrected chi connectivity index (χ4v) is 1.33. The van der Waals surface area contributed by atoms with Crippen LogP contribution in [0.15, 0.2) is 18.2 Å². The Balaban J connectivity index is 3.00. The Bertz CT molecular complexity index is 304. The second-order valence-electron chi connectivity index (χ2n) is 3.04. The highest BCUT2D eigenvalue weighted by Gasteiger charge is 2.10. The van der Waals surface area contributed by atoms with Crippen molar-refractivity contribution in [1.82, 2.24) is 0 Å². The van der Waals surface area contributed by atoms with E-state index in [9.17, 15) is 4.39 Å². The Hall–Kier alpha value is -1.13. The molecule has 0 saturated carbocycles. The molecule has 0 heterocycles. The van der Waals surface area contributed by atoms with Gasteiger partial charge in [0, 0.05) is 24.8 Å². The van der Waals surface area contributed by atoms with E-state index in [1.54, 1.807) is 24.1 Å². The third kappa shape index (κ3) is 2.21. The van der Waals surface area contributed by atoms with Crippen molar-refractivity contribution >= 4 is 5.69 Å². The molecule has 1 aromatic carbocycles. The van der Waals surface area contributed by atoms with Gasteiger partial charge in [0.25, 0.3) is 0 Å². The maximum Gasteiger partial charge on any atom is 0.130 e. The second-order valence-corrected chi connectivity index (χ2v) is 3.04. The molecule has 0 aromatic heterocycles. The Morgan fingerprint density at radius 2 is 2.07 bits per heavy atom. The largest absolute Gasteiger partial charge is 0.395 e. The van der Waals surface area contributed by atoms with Crippen molar-refractivity contribution in [3.63, 3.8) is 0 Å². The van der Waals surface area contributed by atoms with E-state index in [1.807, 2.05) is 0 Å².